The van der Waals surface area contributed by atoms with Gasteiger partial charge < -0.3 is 10.6 Å². The first-order valence-corrected chi connectivity index (χ1v) is 8.76. The van der Waals surface area contributed by atoms with Crippen molar-refractivity contribution in [1.29, 1.82) is 0 Å². The number of piperidine rings is 1. The van der Waals surface area contributed by atoms with Crippen LogP contribution in [0.25, 0.3) is 0 Å². The molecule has 1 aliphatic rings. The van der Waals surface area contributed by atoms with E-state index in [4.69, 9.17) is 5.73 Å². The number of carbonyl (C=O) groups is 1. The zero-order valence-corrected chi connectivity index (χ0v) is 17.2. The third kappa shape index (κ3) is 6.78. The van der Waals surface area contributed by atoms with E-state index in [-0.39, 0.29) is 30.7 Å². The molecule has 2 rings (SSSR count). The van der Waals surface area contributed by atoms with Gasteiger partial charge in [0.05, 0.1) is 5.54 Å². The van der Waals surface area contributed by atoms with Crippen molar-refractivity contribution in [2.75, 3.05) is 20.1 Å². The minimum atomic E-state index is -0.731. The second-order valence-electron chi connectivity index (χ2n) is 7.08. The molecule has 144 valence electrons. The summed E-state index contributed by atoms with van der Waals surface area (Å²) >= 11 is 0. The Morgan fingerprint density at radius 2 is 1.80 bits per heavy atom. The van der Waals surface area contributed by atoms with Gasteiger partial charge in [-0.25, -0.2) is 0 Å². The van der Waals surface area contributed by atoms with E-state index in [9.17, 15) is 4.79 Å². The SMILES string of the molecule is CCCC(C)(N)C(=O)N(C)C1CCN(Cc2ccccc2)CC1.Cl.Cl. The number of carbonyl (C=O) groups excluding carboxylic acids is 1. The maximum absolute atomic E-state index is 12.6. The van der Waals surface area contributed by atoms with Gasteiger partial charge >= 0.3 is 0 Å². The number of amides is 1. The molecule has 0 bridgehead atoms. The van der Waals surface area contributed by atoms with Crippen molar-refractivity contribution in [3.05, 3.63) is 35.9 Å². The molecule has 0 aromatic heterocycles. The highest BCUT2D eigenvalue weighted by Crippen LogP contribution is 2.21. The van der Waals surface area contributed by atoms with Gasteiger partial charge in [0.2, 0.25) is 5.91 Å². The molecule has 0 spiro atoms. The Balaban J connectivity index is 0.00000288. The molecule has 1 saturated heterocycles. The highest BCUT2D eigenvalue weighted by Gasteiger charge is 2.34. The summed E-state index contributed by atoms with van der Waals surface area (Å²) in [6.07, 6.45) is 3.72. The molecule has 1 fully saturated rings. The summed E-state index contributed by atoms with van der Waals surface area (Å²) < 4.78 is 0. The van der Waals surface area contributed by atoms with Crippen molar-refractivity contribution in [3.8, 4) is 0 Å². The average molecular weight is 390 g/mol. The van der Waals surface area contributed by atoms with Crippen molar-refractivity contribution in [3.63, 3.8) is 0 Å². The lowest BCUT2D eigenvalue weighted by atomic mass is 9.93. The predicted octanol–water partition coefficient (Wildman–Crippen LogP) is 3.47. The van der Waals surface area contributed by atoms with Gasteiger partial charge in [-0.3, -0.25) is 9.69 Å². The van der Waals surface area contributed by atoms with E-state index in [1.54, 1.807) is 0 Å². The van der Waals surface area contributed by atoms with Gasteiger partial charge in [0.25, 0.3) is 0 Å². The highest BCUT2D eigenvalue weighted by molar-refractivity contribution is 5.86. The van der Waals surface area contributed by atoms with Crippen LogP contribution >= 0.6 is 24.8 Å². The van der Waals surface area contributed by atoms with Crippen molar-refractivity contribution in [2.45, 2.75) is 57.7 Å². The fourth-order valence-electron chi connectivity index (χ4n) is 3.50. The summed E-state index contributed by atoms with van der Waals surface area (Å²) in [4.78, 5) is 17.0. The lowest BCUT2D eigenvalue weighted by Crippen LogP contribution is -2.56. The molecule has 1 aromatic rings. The summed E-state index contributed by atoms with van der Waals surface area (Å²) in [6.45, 7) is 6.99. The van der Waals surface area contributed by atoms with Crippen LogP contribution in [0.15, 0.2) is 30.3 Å². The second kappa shape index (κ2) is 11.0. The zero-order chi connectivity index (χ0) is 16.9. The number of nitrogens with two attached hydrogens (primary N) is 1. The largest absolute Gasteiger partial charge is 0.341 e. The average Bonchev–Trinajstić information content (AvgIpc) is 2.55. The molecule has 1 heterocycles. The number of halogens is 2. The fraction of sp³-hybridized carbons (Fsp3) is 0.632. The van der Waals surface area contributed by atoms with Gasteiger partial charge in [-0.05, 0) is 31.7 Å². The molecule has 0 saturated carbocycles. The minimum Gasteiger partial charge on any atom is -0.341 e. The van der Waals surface area contributed by atoms with Crippen molar-refractivity contribution in [1.82, 2.24) is 9.80 Å². The first kappa shape index (κ1) is 24.2. The number of rotatable bonds is 6. The lowest BCUT2D eigenvalue weighted by molar-refractivity contribution is -0.138. The van der Waals surface area contributed by atoms with Crippen LogP contribution in [-0.4, -0.2) is 47.4 Å². The Kier molecular flexibility index (Phi) is 10.7. The summed E-state index contributed by atoms with van der Waals surface area (Å²) in [5.74, 6) is 0.0841. The molecule has 0 radical (unpaired) electrons. The van der Waals surface area contributed by atoms with Gasteiger partial charge in [0.1, 0.15) is 0 Å². The Morgan fingerprint density at radius 1 is 1.24 bits per heavy atom. The first-order chi connectivity index (χ1) is 10.9. The summed E-state index contributed by atoms with van der Waals surface area (Å²) in [7, 11) is 1.92. The van der Waals surface area contributed by atoms with E-state index in [0.717, 1.165) is 45.3 Å². The van der Waals surface area contributed by atoms with Crippen LogP contribution in [0, 0.1) is 0 Å². The van der Waals surface area contributed by atoms with Crippen LogP contribution in [0.3, 0.4) is 0 Å². The monoisotopic (exact) mass is 389 g/mol. The Bertz CT molecular complexity index is 503. The van der Waals surface area contributed by atoms with E-state index >= 15 is 0 Å². The fourth-order valence-corrected chi connectivity index (χ4v) is 3.50. The maximum Gasteiger partial charge on any atom is 0.242 e. The van der Waals surface area contributed by atoms with Crippen LogP contribution in [0.5, 0.6) is 0 Å². The van der Waals surface area contributed by atoms with E-state index < -0.39 is 5.54 Å². The highest BCUT2D eigenvalue weighted by atomic mass is 35.5. The number of hydrogen-bond acceptors (Lipinski definition) is 3. The summed E-state index contributed by atoms with van der Waals surface area (Å²) in [6, 6.07) is 10.9. The quantitative estimate of drug-likeness (QED) is 0.809. The number of nitrogens with zero attached hydrogens (tertiary/aromatic N) is 2. The van der Waals surface area contributed by atoms with Gasteiger partial charge in [-0.15, -0.1) is 24.8 Å². The molecule has 1 atom stereocenters. The summed E-state index contributed by atoms with van der Waals surface area (Å²) in [5.41, 5.74) is 6.83. The summed E-state index contributed by atoms with van der Waals surface area (Å²) in [5, 5.41) is 0. The van der Waals surface area contributed by atoms with Gasteiger partial charge in [-0.1, -0.05) is 43.7 Å². The maximum atomic E-state index is 12.6. The molecule has 2 N–H and O–H groups in total. The third-order valence-electron chi connectivity index (χ3n) is 4.93. The topological polar surface area (TPSA) is 49.6 Å². The smallest absolute Gasteiger partial charge is 0.242 e. The third-order valence-corrected chi connectivity index (χ3v) is 4.93. The standard InChI is InChI=1S/C19H31N3O.2ClH/c1-4-12-19(2,20)18(23)21(3)17-10-13-22(14-11-17)15-16-8-6-5-7-9-16;;/h5-9,17H,4,10-15,20H2,1-3H3;2*1H. The molecule has 1 amide bonds. The van der Waals surface area contributed by atoms with E-state index in [1.165, 1.54) is 5.56 Å². The van der Waals surface area contributed by atoms with Crippen LogP contribution in [0.2, 0.25) is 0 Å². The predicted molar refractivity (Wildman–Crippen MR) is 110 cm³/mol. The molecular formula is C19H33Cl2N3O. The molecule has 1 unspecified atom stereocenters. The Labute approximate surface area is 164 Å². The molecule has 0 aliphatic carbocycles. The van der Waals surface area contributed by atoms with E-state index in [0.29, 0.717) is 6.04 Å². The van der Waals surface area contributed by atoms with Crippen LogP contribution in [-0.2, 0) is 11.3 Å². The zero-order valence-electron chi connectivity index (χ0n) is 15.6. The normalized spacial score (nSPS) is 17.8. The number of likely N-dealkylation sites (tertiary alicyclic amines) is 1. The molecular weight excluding hydrogens is 357 g/mol. The van der Waals surface area contributed by atoms with Gasteiger partial charge in [-0.2, -0.15) is 0 Å². The van der Waals surface area contributed by atoms with Crippen LogP contribution < -0.4 is 5.73 Å². The van der Waals surface area contributed by atoms with E-state index in [2.05, 4.69) is 42.2 Å². The van der Waals surface area contributed by atoms with Crippen LogP contribution in [0.1, 0.15) is 45.1 Å². The van der Waals surface area contributed by atoms with Crippen molar-refractivity contribution in [2.24, 2.45) is 5.73 Å². The number of likely N-dealkylation sites (N-methyl/N-ethyl adjacent to an activating group) is 1. The number of benzene rings is 1. The molecule has 4 nitrogen and oxygen atoms in total. The van der Waals surface area contributed by atoms with Crippen molar-refractivity contribution >= 4 is 30.7 Å². The Hall–Kier alpha value is -0.810. The van der Waals surface area contributed by atoms with E-state index in [1.807, 2.05) is 18.9 Å². The molecule has 6 heteroatoms. The minimum absolute atomic E-state index is 0. The van der Waals surface area contributed by atoms with Gasteiger partial charge in [0.15, 0.2) is 0 Å². The van der Waals surface area contributed by atoms with Gasteiger partial charge in [0, 0.05) is 32.7 Å². The first-order valence-electron chi connectivity index (χ1n) is 8.76. The van der Waals surface area contributed by atoms with Crippen LogP contribution in [0.4, 0.5) is 0 Å². The molecule has 25 heavy (non-hydrogen) atoms. The second-order valence-corrected chi connectivity index (χ2v) is 7.08. The van der Waals surface area contributed by atoms with Crippen molar-refractivity contribution < 1.29 is 4.79 Å². The lowest BCUT2D eigenvalue weighted by Gasteiger charge is -2.39. The number of hydrogen-bond donors (Lipinski definition) is 1. The Morgan fingerprint density at radius 3 is 2.32 bits per heavy atom. The molecule has 1 aromatic carbocycles. The molecule has 1 aliphatic heterocycles.